The van der Waals surface area contributed by atoms with Crippen molar-refractivity contribution in [1.29, 1.82) is 0 Å². The molecule has 2 aromatic rings. The number of aliphatic hydroxyl groups is 1. The fourth-order valence-corrected chi connectivity index (χ4v) is 4.97. The van der Waals surface area contributed by atoms with E-state index in [2.05, 4.69) is 31.7 Å². The molecule has 7 heteroatoms. The quantitative estimate of drug-likeness (QED) is 0.883. The standard InChI is InChI=1S/C18H23N3O3S/c1-23-16-15(9-19-17(20-16)24-2)18(22)7-13-3-4-14(8-18)21(13)10-12-5-6-25-11-12/h5-6,9,11,13-14,22H,3-4,7-8,10H2,1-2H3/t13-,14-/m1/s1. The van der Waals surface area contributed by atoms with Gasteiger partial charge >= 0.3 is 6.01 Å². The van der Waals surface area contributed by atoms with E-state index in [9.17, 15) is 5.11 Å². The van der Waals surface area contributed by atoms with Crippen LogP contribution in [0.15, 0.2) is 23.0 Å². The number of ether oxygens (including phenoxy) is 2. The minimum atomic E-state index is -0.950. The van der Waals surface area contributed by atoms with E-state index in [1.54, 1.807) is 24.6 Å². The highest BCUT2D eigenvalue weighted by Gasteiger charge is 2.49. The fourth-order valence-electron chi connectivity index (χ4n) is 4.31. The zero-order valence-electron chi connectivity index (χ0n) is 14.5. The molecule has 2 fully saturated rings. The number of methoxy groups -OCH3 is 2. The molecule has 2 aromatic heterocycles. The average Bonchev–Trinajstić information content (AvgIpc) is 3.22. The van der Waals surface area contributed by atoms with Crippen molar-refractivity contribution in [3.05, 3.63) is 34.2 Å². The summed E-state index contributed by atoms with van der Waals surface area (Å²) in [5, 5.41) is 15.7. The van der Waals surface area contributed by atoms with Gasteiger partial charge in [-0.2, -0.15) is 16.3 Å². The zero-order valence-corrected chi connectivity index (χ0v) is 15.3. The molecule has 2 bridgehead atoms. The smallest absolute Gasteiger partial charge is 0.319 e. The minimum Gasteiger partial charge on any atom is -0.481 e. The molecule has 2 atom stereocenters. The fraction of sp³-hybridized carbons (Fsp3) is 0.556. The lowest BCUT2D eigenvalue weighted by molar-refractivity contribution is -0.0612. The number of rotatable bonds is 5. The Bertz CT molecular complexity index is 723. The molecule has 0 aliphatic carbocycles. The summed E-state index contributed by atoms with van der Waals surface area (Å²) in [6.45, 7) is 0.963. The van der Waals surface area contributed by atoms with Gasteiger partial charge in [-0.1, -0.05) is 0 Å². The third kappa shape index (κ3) is 3.01. The second-order valence-electron chi connectivity index (χ2n) is 6.91. The van der Waals surface area contributed by atoms with Crippen molar-refractivity contribution < 1.29 is 14.6 Å². The normalized spacial score (nSPS) is 28.9. The van der Waals surface area contributed by atoms with Crippen LogP contribution in [0.2, 0.25) is 0 Å². The molecule has 0 unspecified atom stereocenters. The highest BCUT2D eigenvalue weighted by atomic mass is 32.1. The first-order valence-electron chi connectivity index (χ1n) is 8.57. The third-order valence-corrected chi connectivity index (χ3v) is 6.20. The topological polar surface area (TPSA) is 67.7 Å². The molecule has 2 aliphatic rings. The lowest BCUT2D eigenvalue weighted by Crippen LogP contribution is -2.49. The number of hydrogen-bond acceptors (Lipinski definition) is 7. The summed E-state index contributed by atoms with van der Waals surface area (Å²) < 4.78 is 10.5. The lowest BCUT2D eigenvalue weighted by Gasteiger charge is -2.44. The van der Waals surface area contributed by atoms with Gasteiger partial charge in [0.1, 0.15) is 0 Å². The Kier molecular flexibility index (Phi) is 4.39. The molecule has 0 aromatic carbocycles. The maximum atomic E-state index is 11.4. The van der Waals surface area contributed by atoms with Crippen molar-refractivity contribution in [2.45, 2.75) is 49.9 Å². The summed E-state index contributed by atoms with van der Waals surface area (Å²) in [5.41, 5.74) is 1.08. The summed E-state index contributed by atoms with van der Waals surface area (Å²) in [5.74, 6) is 0.403. The van der Waals surface area contributed by atoms with Crippen LogP contribution in [0.4, 0.5) is 0 Å². The van der Waals surface area contributed by atoms with Gasteiger partial charge in [-0.3, -0.25) is 4.90 Å². The summed E-state index contributed by atoms with van der Waals surface area (Å²) >= 11 is 1.74. The predicted molar refractivity (Wildman–Crippen MR) is 94.9 cm³/mol. The Hall–Kier alpha value is -1.70. The first kappa shape index (κ1) is 16.8. The number of piperidine rings is 1. The van der Waals surface area contributed by atoms with Gasteiger partial charge in [0, 0.05) is 24.8 Å². The van der Waals surface area contributed by atoms with E-state index in [0.29, 0.717) is 36.4 Å². The second kappa shape index (κ2) is 6.55. The maximum absolute atomic E-state index is 11.4. The van der Waals surface area contributed by atoms with Crippen LogP contribution in [-0.2, 0) is 12.1 Å². The number of hydrogen-bond donors (Lipinski definition) is 1. The van der Waals surface area contributed by atoms with Crippen LogP contribution in [0, 0.1) is 0 Å². The van der Waals surface area contributed by atoms with Crippen molar-refractivity contribution in [1.82, 2.24) is 14.9 Å². The Morgan fingerprint density at radius 2 is 2.04 bits per heavy atom. The van der Waals surface area contributed by atoms with E-state index in [1.807, 2.05) is 0 Å². The van der Waals surface area contributed by atoms with Gasteiger partial charge in [-0.25, -0.2) is 4.98 Å². The van der Waals surface area contributed by atoms with Gasteiger partial charge in [0.2, 0.25) is 5.88 Å². The summed E-state index contributed by atoms with van der Waals surface area (Å²) in [6, 6.07) is 3.18. The molecular weight excluding hydrogens is 338 g/mol. The minimum absolute atomic E-state index is 0.252. The van der Waals surface area contributed by atoms with Crippen molar-refractivity contribution in [3.63, 3.8) is 0 Å². The Morgan fingerprint density at radius 3 is 2.64 bits per heavy atom. The highest BCUT2D eigenvalue weighted by Crippen LogP contribution is 2.48. The van der Waals surface area contributed by atoms with E-state index in [4.69, 9.17) is 9.47 Å². The molecule has 134 valence electrons. The molecule has 4 rings (SSSR count). The van der Waals surface area contributed by atoms with E-state index in [0.717, 1.165) is 19.4 Å². The van der Waals surface area contributed by atoms with Crippen LogP contribution >= 0.6 is 11.3 Å². The van der Waals surface area contributed by atoms with Crippen molar-refractivity contribution in [3.8, 4) is 11.9 Å². The first-order chi connectivity index (χ1) is 12.1. The van der Waals surface area contributed by atoms with Gasteiger partial charge < -0.3 is 14.6 Å². The second-order valence-corrected chi connectivity index (χ2v) is 7.69. The molecule has 2 aliphatic heterocycles. The average molecular weight is 361 g/mol. The van der Waals surface area contributed by atoms with Crippen LogP contribution in [-0.4, -0.2) is 46.3 Å². The van der Waals surface area contributed by atoms with E-state index in [1.165, 1.54) is 12.7 Å². The van der Waals surface area contributed by atoms with Crippen molar-refractivity contribution in [2.75, 3.05) is 14.2 Å². The highest BCUT2D eigenvalue weighted by molar-refractivity contribution is 7.07. The maximum Gasteiger partial charge on any atom is 0.319 e. The van der Waals surface area contributed by atoms with Gasteiger partial charge in [0.25, 0.3) is 0 Å². The summed E-state index contributed by atoms with van der Waals surface area (Å²) in [4.78, 5) is 11.0. The Balaban J connectivity index is 1.59. The van der Waals surface area contributed by atoms with E-state index >= 15 is 0 Å². The molecule has 25 heavy (non-hydrogen) atoms. The number of thiophene rings is 1. The van der Waals surface area contributed by atoms with Crippen molar-refractivity contribution in [2.24, 2.45) is 0 Å². The molecule has 4 heterocycles. The van der Waals surface area contributed by atoms with Crippen molar-refractivity contribution >= 4 is 11.3 Å². The molecular formula is C18H23N3O3S. The predicted octanol–water partition coefficient (Wildman–Crippen LogP) is 2.57. The molecule has 0 spiro atoms. The van der Waals surface area contributed by atoms with Gasteiger partial charge in [-0.15, -0.1) is 0 Å². The molecule has 0 saturated carbocycles. The monoisotopic (exact) mass is 361 g/mol. The van der Waals surface area contributed by atoms with Crippen LogP contribution in [0.1, 0.15) is 36.8 Å². The third-order valence-electron chi connectivity index (χ3n) is 5.47. The van der Waals surface area contributed by atoms with E-state index < -0.39 is 5.60 Å². The largest absolute Gasteiger partial charge is 0.481 e. The molecule has 0 amide bonds. The molecule has 2 saturated heterocycles. The Morgan fingerprint density at radius 1 is 1.28 bits per heavy atom. The number of fused-ring (bicyclic) bond motifs is 2. The van der Waals surface area contributed by atoms with Crippen LogP contribution < -0.4 is 9.47 Å². The van der Waals surface area contributed by atoms with Crippen LogP contribution in [0.3, 0.4) is 0 Å². The molecule has 1 N–H and O–H groups in total. The van der Waals surface area contributed by atoms with Crippen LogP contribution in [0.5, 0.6) is 11.9 Å². The van der Waals surface area contributed by atoms with Gasteiger partial charge in [-0.05, 0) is 48.1 Å². The number of aromatic nitrogens is 2. The van der Waals surface area contributed by atoms with Gasteiger partial charge in [0.05, 0.1) is 25.4 Å². The first-order valence-corrected chi connectivity index (χ1v) is 9.52. The molecule has 6 nitrogen and oxygen atoms in total. The Labute approximate surface area is 151 Å². The SMILES string of the molecule is COc1ncc(C2(O)C[C@H]3CC[C@H](C2)N3Cc2ccsc2)c(OC)n1. The molecule has 0 radical (unpaired) electrons. The zero-order chi connectivity index (χ0) is 17.4. The summed E-state index contributed by atoms with van der Waals surface area (Å²) in [6.07, 6.45) is 5.25. The lowest BCUT2D eigenvalue weighted by atomic mass is 9.81. The number of nitrogens with zero attached hydrogens (tertiary/aromatic N) is 3. The van der Waals surface area contributed by atoms with Crippen LogP contribution in [0.25, 0.3) is 0 Å². The summed E-state index contributed by atoms with van der Waals surface area (Å²) in [7, 11) is 3.08. The van der Waals surface area contributed by atoms with E-state index in [-0.39, 0.29) is 6.01 Å². The van der Waals surface area contributed by atoms with Gasteiger partial charge in [0.15, 0.2) is 0 Å².